The van der Waals surface area contributed by atoms with Gasteiger partial charge in [-0.2, -0.15) is 0 Å². The van der Waals surface area contributed by atoms with Gasteiger partial charge in [-0.25, -0.2) is 9.97 Å². The maximum Gasteiger partial charge on any atom is 0.140 e. The van der Waals surface area contributed by atoms with E-state index in [0.29, 0.717) is 0 Å². The van der Waals surface area contributed by atoms with E-state index in [0.717, 1.165) is 35.6 Å². The highest BCUT2D eigenvalue weighted by Gasteiger charge is 2.08. The van der Waals surface area contributed by atoms with E-state index in [1.807, 2.05) is 23.8 Å². The number of imidazole rings is 1. The highest BCUT2D eigenvalue weighted by molar-refractivity contribution is 5.36. The van der Waals surface area contributed by atoms with Crippen LogP contribution in [-0.2, 0) is 13.0 Å². The molecule has 0 saturated heterocycles. The zero-order valence-corrected chi connectivity index (χ0v) is 10.2. The van der Waals surface area contributed by atoms with E-state index in [9.17, 15) is 0 Å². The Bertz CT molecular complexity index is 505. The molecule has 2 heterocycles. The Morgan fingerprint density at radius 1 is 1.35 bits per heavy atom. The minimum absolute atomic E-state index is 0.0276. The summed E-state index contributed by atoms with van der Waals surface area (Å²) in [6.07, 6.45) is 7.43. The second-order valence-corrected chi connectivity index (χ2v) is 4.11. The molecule has 0 aliphatic rings. The Kier molecular flexibility index (Phi) is 3.54. The van der Waals surface area contributed by atoms with Gasteiger partial charge in [0.25, 0.3) is 0 Å². The maximum absolute atomic E-state index is 9.06. The van der Waals surface area contributed by atoms with Crippen LogP contribution in [0.1, 0.15) is 30.3 Å². The van der Waals surface area contributed by atoms with Crippen LogP contribution in [-0.4, -0.2) is 19.6 Å². The molecule has 0 amide bonds. The fourth-order valence-electron chi connectivity index (χ4n) is 1.90. The van der Waals surface area contributed by atoms with Crippen molar-refractivity contribution in [3.05, 3.63) is 41.6 Å². The van der Waals surface area contributed by atoms with Gasteiger partial charge in [-0.05, 0) is 30.5 Å². The topological polar surface area (TPSA) is 50.9 Å². The SMILES string of the molecule is CCCc1nccn1-c1ncc(CO)cc1C. The molecule has 0 aromatic carbocycles. The smallest absolute Gasteiger partial charge is 0.140 e. The van der Waals surface area contributed by atoms with Crippen molar-refractivity contribution in [2.75, 3.05) is 0 Å². The zero-order chi connectivity index (χ0) is 12.3. The van der Waals surface area contributed by atoms with E-state index in [1.165, 1.54) is 0 Å². The minimum Gasteiger partial charge on any atom is -0.392 e. The first-order valence-corrected chi connectivity index (χ1v) is 5.85. The number of aryl methyl sites for hydroxylation is 2. The summed E-state index contributed by atoms with van der Waals surface area (Å²) in [6.45, 7) is 4.16. The minimum atomic E-state index is 0.0276. The Morgan fingerprint density at radius 2 is 2.18 bits per heavy atom. The van der Waals surface area contributed by atoms with Crippen molar-refractivity contribution in [3.8, 4) is 5.82 Å². The number of nitrogens with zero attached hydrogens (tertiary/aromatic N) is 3. The number of rotatable bonds is 4. The molecular weight excluding hydrogens is 214 g/mol. The first-order chi connectivity index (χ1) is 8.26. The summed E-state index contributed by atoms with van der Waals surface area (Å²) in [4.78, 5) is 8.74. The molecule has 2 aromatic rings. The number of aliphatic hydroxyl groups excluding tert-OH is 1. The van der Waals surface area contributed by atoms with E-state index in [4.69, 9.17) is 5.11 Å². The molecule has 2 aromatic heterocycles. The largest absolute Gasteiger partial charge is 0.392 e. The van der Waals surface area contributed by atoms with Crippen LogP contribution in [0.3, 0.4) is 0 Å². The van der Waals surface area contributed by atoms with Gasteiger partial charge in [-0.3, -0.25) is 4.57 Å². The third-order valence-electron chi connectivity index (χ3n) is 2.71. The lowest BCUT2D eigenvalue weighted by molar-refractivity contribution is 0.281. The summed E-state index contributed by atoms with van der Waals surface area (Å²) in [5.74, 6) is 1.92. The van der Waals surface area contributed by atoms with Crippen LogP contribution in [0, 0.1) is 6.92 Å². The fraction of sp³-hybridized carbons (Fsp3) is 0.385. The molecule has 0 spiro atoms. The standard InChI is InChI=1S/C13H17N3O/c1-3-4-12-14-5-6-16(12)13-10(2)7-11(9-17)8-15-13/h5-8,17H,3-4,9H2,1-2H3. The lowest BCUT2D eigenvalue weighted by Crippen LogP contribution is -2.05. The van der Waals surface area contributed by atoms with Gasteiger partial charge in [-0.1, -0.05) is 6.92 Å². The lowest BCUT2D eigenvalue weighted by atomic mass is 10.2. The van der Waals surface area contributed by atoms with Crippen LogP contribution < -0.4 is 0 Å². The molecule has 4 heteroatoms. The Labute approximate surface area is 101 Å². The van der Waals surface area contributed by atoms with Crippen LogP contribution in [0.15, 0.2) is 24.7 Å². The summed E-state index contributed by atoms with van der Waals surface area (Å²) in [5, 5.41) is 9.06. The van der Waals surface area contributed by atoms with Crippen LogP contribution in [0.4, 0.5) is 0 Å². The molecular formula is C13H17N3O. The van der Waals surface area contributed by atoms with E-state index < -0.39 is 0 Å². The van der Waals surface area contributed by atoms with Crippen molar-refractivity contribution in [3.63, 3.8) is 0 Å². The predicted octanol–water partition coefficient (Wildman–Crippen LogP) is 2.02. The van der Waals surface area contributed by atoms with Gasteiger partial charge in [0, 0.05) is 25.0 Å². The van der Waals surface area contributed by atoms with Gasteiger partial charge >= 0.3 is 0 Å². The molecule has 0 fully saturated rings. The van der Waals surface area contributed by atoms with E-state index in [1.54, 1.807) is 12.4 Å². The normalized spacial score (nSPS) is 10.8. The van der Waals surface area contributed by atoms with Crippen LogP contribution in [0.5, 0.6) is 0 Å². The predicted molar refractivity (Wildman–Crippen MR) is 66.0 cm³/mol. The van der Waals surface area contributed by atoms with E-state index in [2.05, 4.69) is 16.9 Å². The average molecular weight is 231 g/mol. The van der Waals surface area contributed by atoms with Crippen LogP contribution in [0.25, 0.3) is 5.82 Å². The molecule has 90 valence electrons. The lowest BCUT2D eigenvalue weighted by Gasteiger charge is -2.10. The van der Waals surface area contributed by atoms with Crippen molar-refractivity contribution >= 4 is 0 Å². The maximum atomic E-state index is 9.06. The molecule has 0 aliphatic carbocycles. The van der Waals surface area contributed by atoms with Gasteiger partial charge in [0.05, 0.1) is 6.61 Å². The van der Waals surface area contributed by atoms with Crippen LogP contribution in [0.2, 0.25) is 0 Å². The fourth-order valence-corrected chi connectivity index (χ4v) is 1.90. The highest BCUT2D eigenvalue weighted by Crippen LogP contribution is 2.15. The number of aliphatic hydroxyl groups is 1. The molecule has 4 nitrogen and oxygen atoms in total. The van der Waals surface area contributed by atoms with Gasteiger partial charge in [-0.15, -0.1) is 0 Å². The van der Waals surface area contributed by atoms with Gasteiger partial charge in [0.2, 0.25) is 0 Å². The molecule has 0 atom stereocenters. The number of hydrogen-bond acceptors (Lipinski definition) is 3. The average Bonchev–Trinajstić information content (AvgIpc) is 2.77. The summed E-state index contributed by atoms with van der Waals surface area (Å²) in [7, 11) is 0. The molecule has 2 rings (SSSR count). The second kappa shape index (κ2) is 5.10. The summed E-state index contributed by atoms with van der Waals surface area (Å²) >= 11 is 0. The summed E-state index contributed by atoms with van der Waals surface area (Å²) in [6, 6.07) is 1.96. The van der Waals surface area contributed by atoms with Gasteiger partial charge < -0.3 is 5.11 Å². The quantitative estimate of drug-likeness (QED) is 0.875. The molecule has 17 heavy (non-hydrogen) atoms. The second-order valence-electron chi connectivity index (χ2n) is 4.11. The van der Waals surface area contributed by atoms with Crippen molar-refractivity contribution < 1.29 is 5.11 Å². The molecule has 0 radical (unpaired) electrons. The van der Waals surface area contributed by atoms with Crippen molar-refractivity contribution in [2.45, 2.75) is 33.3 Å². The summed E-state index contributed by atoms with van der Waals surface area (Å²) < 4.78 is 2.01. The summed E-state index contributed by atoms with van der Waals surface area (Å²) in [5.41, 5.74) is 1.88. The van der Waals surface area contributed by atoms with Crippen molar-refractivity contribution in [1.82, 2.24) is 14.5 Å². The molecule has 0 bridgehead atoms. The third kappa shape index (κ3) is 2.36. The molecule has 0 unspecified atom stereocenters. The zero-order valence-electron chi connectivity index (χ0n) is 10.2. The highest BCUT2D eigenvalue weighted by atomic mass is 16.3. The number of pyridine rings is 1. The first kappa shape index (κ1) is 11.8. The van der Waals surface area contributed by atoms with Crippen molar-refractivity contribution in [1.29, 1.82) is 0 Å². The molecule has 0 aliphatic heterocycles. The Morgan fingerprint density at radius 3 is 2.82 bits per heavy atom. The Balaban J connectivity index is 2.42. The molecule has 1 N–H and O–H groups in total. The number of hydrogen-bond donors (Lipinski definition) is 1. The first-order valence-electron chi connectivity index (χ1n) is 5.85. The van der Waals surface area contributed by atoms with Crippen molar-refractivity contribution in [2.24, 2.45) is 0 Å². The van der Waals surface area contributed by atoms with Crippen LogP contribution >= 0.6 is 0 Å². The van der Waals surface area contributed by atoms with E-state index >= 15 is 0 Å². The van der Waals surface area contributed by atoms with Gasteiger partial charge in [0.1, 0.15) is 11.6 Å². The van der Waals surface area contributed by atoms with Gasteiger partial charge in [0.15, 0.2) is 0 Å². The molecule has 0 saturated carbocycles. The monoisotopic (exact) mass is 231 g/mol. The van der Waals surface area contributed by atoms with E-state index in [-0.39, 0.29) is 6.61 Å². The third-order valence-corrected chi connectivity index (χ3v) is 2.71. The Hall–Kier alpha value is -1.68. The number of aromatic nitrogens is 3.